The molecular formula is C18H22FN. The van der Waals surface area contributed by atoms with Gasteiger partial charge < -0.3 is 0 Å². The van der Waals surface area contributed by atoms with Crippen molar-refractivity contribution < 1.29 is 4.39 Å². The lowest BCUT2D eigenvalue weighted by Gasteiger charge is -2.27. The maximum atomic E-state index is 13.7. The molecule has 1 aromatic carbocycles. The lowest BCUT2D eigenvalue weighted by molar-refractivity contribution is 0.374. The highest BCUT2D eigenvalue weighted by atomic mass is 19.1. The fourth-order valence-electron chi connectivity index (χ4n) is 2.98. The van der Waals surface area contributed by atoms with Crippen LogP contribution in [-0.2, 0) is 0 Å². The van der Waals surface area contributed by atoms with Crippen molar-refractivity contribution in [2.75, 3.05) is 0 Å². The van der Waals surface area contributed by atoms with Gasteiger partial charge in [0.15, 0.2) is 0 Å². The molecule has 1 fully saturated rings. The zero-order chi connectivity index (χ0) is 14.4. The fourth-order valence-corrected chi connectivity index (χ4v) is 2.98. The summed E-state index contributed by atoms with van der Waals surface area (Å²) in [5.74, 6) is 0.768. The molecule has 1 nitrogen and oxygen atoms in total. The Bertz CT molecular complexity index is 505. The third-order valence-corrected chi connectivity index (χ3v) is 4.22. The molecule has 1 saturated carbocycles. The second-order valence-corrected chi connectivity index (χ2v) is 5.68. The maximum Gasteiger partial charge on any atom is 0.141 e. The van der Waals surface area contributed by atoms with Gasteiger partial charge in [-0.1, -0.05) is 31.6 Å². The van der Waals surface area contributed by atoms with Crippen LogP contribution in [0.1, 0.15) is 62.5 Å². The van der Waals surface area contributed by atoms with Crippen molar-refractivity contribution >= 4 is 0 Å². The minimum absolute atomic E-state index is 0.143. The van der Waals surface area contributed by atoms with Crippen molar-refractivity contribution in [3.8, 4) is 6.07 Å². The maximum absolute atomic E-state index is 13.7. The van der Waals surface area contributed by atoms with Crippen LogP contribution in [0.25, 0.3) is 0 Å². The number of halogens is 1. The van der Waals surface area contributed by atoms with E-state index in [1.165, 1.54) is 25.7 Å². The minimum atomic E-state index is -0.380. The first-order chi connectivity index (χ1) is 9.74. The predicted molar refractivity (Wildman–Crippen MR) is 79.9 cm³/mol. The van der Waals surface area contributed by atoms with Gasteiger partial charge in [0.25, 0.3) is 0 Å². The van der Waals surface area contributed by atoms with E-state index in [-0.39, 0.29) is 11.4 Å². The normalized spacial score (nSPS) is 22.9. The summed E-state index contributed by atoms with van der Waals surface area (Å²) in [6.07, 6.45) is 11.6. The SMILES string of the molecule is CCC/C=C/[C@H]1CC[C@H](c2ccc(C#N)c(F)c2)CC1. The van der Waals surface area contributed by atoms with Crippen LogP contribution in [0.3, 0.4) is 0 Å². The van der Waals surface area contributed by atoms with Gasteiger partial charge >= 0.3 is 0 Å². The van der Waals surface area contributed by atoms with E-state index in [1.807, 2.05) is 12.1 Å². The van der Waals surface area contributed by atoms with E-state index in [9.17, 15) is 4.39 Å². The summed E-state index contributed by atoms with van der Waals surface area (Å²) in [4.78, 5) is 0. The highest BCUT2D eigenvalue weighted by Crippen LogP contribution is 2.36. The second-order valence-electron chi connectivity index (χ2n) is 5.68. The molecular weight excluding hydrogens is 249 g/mol. The number of unbranched alkanes of at least 4 members (excludes halogenated alkanes) is 1. The van der Waals surface area contributed by atoms with Gasteiger partial charge in [0.1, 0.15) is 11.9 Å². The molecule has 20 heavy (non-hydrogen) atoms. The van der Waals surface area contributed by atoms with Gasteiger partial charge in [0.05, 0.1) is 5.56 Å². The summed E-state index contributed by atoms with van der Waals surface area (Å²) in [5.41, 5.74) is 1.20. The number of allylic oxidation sites excluding steroid dienone is 2. The van der Waals surface area contributed by atoms with E-state index in [2.05, 4.69) is 19.1 Å². The molecule has 0 heterocycles. The summed E-state index contributed by atoms with van der Waals surface area (Å²) >= 11 is 0. The van der Waals surface area contributed by atoms with Crippen LogP contribution in [0, 0.1) is 23.1 Å². The van der Waals surface area contributed by atoms with Gasteiger partial charge in [-0.15, -0.1) is 0 Å². The van der Waals surface area contributed by atoms with Crippen LogP contribution >= 0.6 is 0 Å². The number of benzene rings is 1. The topological polar surface area (TPSA) is 23.8 Å². The Balaban J connectivity index is 1.94. The van der Waals surface area contributed by atoms with Gasteiger partial charge in [-0.3, -0.25) is 0 Å². The first-order valence-electron chi connectivity index (χ1n) is 7.60. The first kappa shape index (κ1) is 14.8. The lowest BCUT2D eigenvalue weighted by atomic mass is 9.78. The quantitative estimate of drug-likeness (QED) is 0.679. The van der Waals surface area contributed by atoms with Crippen molar-refractivity contribution in [1.29, 1.82) is 5.26 Å². The van der Waals surface area contributed by atoms with Crippen LogP contribution in [0.2, 0.25) is 0 Å². The average Bonchev–Trinajstić information content (AvgIpc) is 2.48. The fraction of sp³-hybridized carbons (Fsp3) is 0.500. The smallest absolute Gasteiger partial charge is 0.141 e. The van der Waals surface area contributed by atoms with E-state index >= 15 is 0 Å². The Kier molecular flexibility index (Phi) is 5.35. The summed E-state index contributed by atoms with van der Waals surface area (Å²) < 4.78 is 13.7. The summed E-state index contributed by atoms with van der Waals surface area (Å²) in [7, 11) is 0. The number of nitrogens with zero attached hydrogens (tertiary/aromatic N) is 1. The molecule has 0 aliphatic heterocycles. The molecule has 1 aromatic rings. The van der Waals surface area contributed by atoms with Crippen LogP contribution in [0.15, 0.2) is 30.4 Å². The number of rotatable bonds is 4. The molecule has 0 aromatic heterocycles. The number of hydrogen-bond acceptors (Lipinski definition) is 1. The largest absolute Gasteiger partial charge is 0.206 e. The Morgan fingerprint density at radius 3 is 2.65 bits per heavy atom. The van der Waals surface area contributed by atoms with Crippen LogP contribution in [0.4, 0.5) is 4.39 Å². The average molecular weight is 271 g/mol. The predicted octanol–water partition coefficient (Wildman–Crippen LogP) is 5.33. The molecule has 0 bridgehead atoms. The molecule has 0 amide bonds. The zero-order valence-electron chi connectivity index (χ0n) is 12.1. The molecule has 1 aliphatic carbocycles. The van der Waals surface area contributed by atoms with E-state index < -0.39 is 0 Å². The Morgan fingerprint density at radius 2 is 2.05 bits per heavy atom. The van der Waals surface area contributed by atoms with Gasteiger partial charge in [0, 0.05) is 0 Å². The Hall–Kier alpha value is -1.62. The molecule has 1 aliphatic rings. The van der Waals surface area contributed by atoms with Crippen molar-refractivity contribution in [2.45, 2.75) is 51.4 Å². The Labute approximate surface area is 121 Å². The molecule has 0 atom stereocenters. The Morgan fingerprint density at radius 1 is 1.30 bits per heavy atom. The first-order valence-corrected chi connectivity index (χ1v) is 7.60. The highest BCUT2D eigenvalue weighted by Gasteiger charge is 2.21. The monoisotopic (exact) mass is 271 g/mol. The molecule has 0 radical (unpaired) electrons. The van der Waals surface area contributed by atoms with Crippen molar-refractivity contribution in [3.05, 3.63) is 47.3 Å². The van der Waals surface area contributed by atoms with Gasteiger partial charge in [-0.25, -0.2) is 4.39 Å². The third kappa shape index (κ3) is 3.70. The van der Waals surface area contributed by atoms with E-state index in [0.717, 1.165) is 18.4 Å². The van der Waals surface area contributed by atoms with E-state index in [1.54, 1.807) is 12.1 Å². The van der Waals surface area contributed by atoms with Crippen molar-refractivity contribution in [1.82, 2.24) is 0 Å². The van der Waals surface area contributed by atoms with Crippen molar-refractivity contribution in [2.24, 2.45) is 5.92 Å². The number of hydrogen-bond donors (Lipinski definition) is 0. The van der Waals surface area contributed by atoms with E-state index in [4.69, 9.17) is 5.26 Å². The minimum Gasteiger partial charge on any atom is -0.206 e. The lowest BCUT2D eigenvalue weighted by Crippen LogP contribution is -2.12. The molecule has 0 N–H and O–H groups in total. The standard InChI is InChI=1S/C18H22FN/c1-2-3-4-5-14-6-8-15(9-7-14)16-10-11-17(13-20)18(19)12-16/h4-5,10-12,14-15H,2-3,6-9H2,1H3/b5-4+/t14-,15-. The summed E-state index contributed by atoms with van der Waals surface area (Å²) in [6.45, 7) is 2.20. The van der Waals surface area contributed by atoms with Gasteiger partial charge in [-0.2, -0.15) is 5.26 Å². The van der Waals surface area contributed by atoms with Gasteiger partial charge in [0.2, 0.25) is 0 Å². The zero-order valence-corrected chi connectivity index (χ0v) is 12.1. The molecule has 106 valence electrons. The summed E-state index contributed by atoms with van der Waals surface area (Å²) in [5, 5.41) is 8.76. The second kappa shape index (κ2) is 7.24. The van der Waals surface area contributed by atoms with Crippen LogP contribution in [-0.4, -0.2) is 0 Å². The summed E-state index contributed by atoms with van der Waals surface area (Å²) in [6, 6.07) is 6.95. The molecule has 0 spiro atoms. The van der Waals surface area contributed by atoms with Crippen LogP contribution in [0.5, 0.6) is 0 Å². The molecule has 0 unspecified atom stereocenters. The van der Waals surface area contributed by atoms with Gasteiger partial charge in [-0.05, 0) is 61.6 Å². The molecule has 2 heteroatoms. The number of nitriles is 1. The molecule has 2 rings (SSSR count). The molecule has 0 saturated heterocycles. The van der Waals surface area contributed by atoms with Crippen molar-refractivity contribution in [3.63, 3.8) is 0 Å². The van der Waals surface area contributed by atoms with Crippen LogP contribution < -0.4 is 0 Å². The third-order valence-electron chi connectivity index (χ3n) is 4.22. The highest BCUT2D eigenvalue weighted by molar-refractivity contribution is 5.34. The van der Waals surface area contributed by atoms with E-state index in [0.29, 0.717) is 11.8 Å².